The minimum atomic E-state index is -0.165. The maximum Gasteiger partial charge on any atom is 0.322 e. The number of carbonyl (C=O) groups is 1. The summed E-state index contributed by atoms with van der Waals surface area (Å²) in [5.74, 6) is 1.19. The van der Waals surface area contributed by atoms with E-state index in [1.807, 2.05) is 43.3 Å². The van der Waals surface area contributed by atoms with Crippen molar-refractivity contribution in [1.82, 2.24) is 10.2 Å². The van der Waals surface area contributed by atoms with Crippen molar-refractivity contribution in [2.45, 2.75) is 31.6 Å². The molecule has 1 aromatic heterocycles. The normalized spacial score (nSPS) is 10.7. The number of nitrogens with one attached hydrogen (secondary N) is 1. The van der Waals surface area contributed by atoms with Crippen molar-refractivity contribution in [1.29, 1.82) is 0 Å². The molecule has 0 atom stereocenters. The summed E-state index contributed by atoms with van der Waals surface area (Å²) in [5.41, 5.74) is 3.35. The highest BCUT2D eigenvalue weighted by Crippen LogP contribution is 2.18. The average molecular weight is 367 g/mol. The highest BCUT2D eigenvalue weighted by atomic mass is 32.2. The van der Waals surface area contributed by atoms with Gasteiger partial charge in [-0.1, -0.05) is 41.5 Å². The molecule has 5 nitrogen and oxygen atoms in total. The summed E-state index contributed by atoms with van der Waals surface area (Å²) in [6, 6.07) is 16.3. The van der Waals surface area contributed by atoms with E-state index in [0.29, 0.717) is 12.3 Å². The molecule has 3 aromatic rings. The minimum absolute atomic E-state index is 0.151. The number of thioether (sulfide) groups is 1. The standard InChI is InChI=1S/C20H21N3O2S/c1-14-8-9-16(12-15(14)2)13-18(24)21-20-23-22-19(25-20)10-11-26-17-6-4-3-5-7-17/h3-9,12H,10-11,13H2,1-2H3,(H,21,23,24). The summed E-state index contributed by atoms with van der Waals surface area (Å²) >= 11 is 1.73. The van der Waals surface area contributed by atoms with Crippen molar-refractivity contribution in [3.8, 4) is 0 Å². The van der Waals surface area contributed by atoms with Crippen LogP contribution in [0.4, 0.5) is 6.01 Å². The Labute approximate surface area is 157 Å². The molecule has 134 valence electrons. The van der Waals surface area contributed by atoms with E-state index in [9.17, 15) is 4.79 Å². The number of hydrogen-bond donors (Lipinski definition) is 1. The lowest BCUT2D eigenvalue weighted by atomic mass is 10.0. The number of rotatable bonds is 7. The van der Waals surface area contributed by atoms with Gasteiger partial charge in [-0.15, -0.1) is 16.9 Å². The number of nitrogens with zero attached hydrogens (tertiary/aromatic N) is 2. The summed E-state index contributed by atoms with van der Waals surface area (Å²) in [7, 11) is 0. The van der Waals surface area contributed by atoms with Crippen LogP contribution in [0.15, 0.2) is 57.8 Å². The van der Waals surface area contributed by atoms with Gasteiger partial charge in [-0.25, -0.2) is 0 Å². The molecule has 0 saturated carbocycles. The zero-order valence-electron chi connectivity index (χ0n) is 14.9. The molecule has 0 aliphatic carbocycles. The van der Waals surface area contributed by atoms with Crippen molar-refractivity contribution in [3.63, 3.8) is 0 Å². The third-order valence-electron chi connectivity index (χ3n) is 3.98. The van der Waals surface area contributed by atoms with Crippen LogP contribution in [0.1, 0.15) is 22.6 Å². The zero-order chi connectivity index (χ0) is 18.4. The summed E-state index contributed by atoms with van der Waals surface area (Å²) in [6.07, 6.45) is 0.933. The highest BCUT2D eigenvalue weighted by molar-refractivity contribution is 7.99. The van der Waals surface area contributed by atoms with Gasteiger partial charge >= 0.3 is 6.01 Å². The molecule has 0 aliphatic rings. The average Bonchev–Trinajstić information content (AvgIpc) is 3.06. The molecular weight excluding hydrogens is 346 g/mol. The van der Waals surface area contributed by atoms with E-state index in [-0.39, 0.29) is 18.3 Å². The molecule has 0 aliphatic heterocycles. The second-order valence-corrected chi connectivity index (χ2v) is 7.22. The number of hydrogen-bond acceptors (Lipinski definition) is 5. The molecule has 1 heterocycles. The Morgan fingerprint density at radius 1 is 1.08 bits per heavy atom. The van der Waals surface area contributed by atoms with Crippen LogP contribution in [-0.2, 0) is 17.6 Å². The predicted octanol–water partition coefficient (Wildman–Crippen LogP) is 4.20. The van der Waals surface area contributed by atoms with Crippen molar-refractivity contribution in [2.75, 3.05) is 11.1 Å². The van der Waals surface area contributed by atoms with Gasteiger partial charge in [-0.3, -0.25) is 10.1 Å². The largest absolute Gasteiger partial charge is 0.408 e. The van der Waals surface area contributed by atoms with Crippen LogP contribution >= 0.6 is 11.8 Å². The third-order valence-corrected chi connectivity index (χ3v) is 4.99. The van der Waals surface area contributed by atoms with Gasteiger partial charge in [0.05, 0.1) is 6.42 Å². The van der Waals surface area contributed by atoms with E-state index in [1.165, 1.54) is 16.0 Å². The van der Waals surface area contributed by atoms with Crippen LogP contribution in [0.2, 0.25) is 0 Å². The molecule has 1 N–H and O–H groups in total. The minimum Gasteiger partial charge on any atom is -0.408 e. The fourth-order valence-electron chi connectivity index (χ4n) is 2.44. The highest BCUT2D eigenvalue weighted by Gasteiger charge is 2.11. The first-order chi connectivity index (χ1) is 12.6. The Hall–Kier alpha value is -2.60. The summed E-state index contributed by atoms with van der Waals surface area (Å²) in [6.45, 7) is 4.09. The van der Waals surface area contributed by atoms with Crippen LogP contribution in [-0.4, -0.2) is 21.9 Å². The smallest absolute Gasteiger partial charge is 0.322 e. The van der Waals surface area contributed by atoms with Gasteiger partial charge in [0.2, 0.25) is 11.8 Å². The van der Waals surface area contributed by atoms with Gasteiger partial charge in [-0.05, 0) is 42.7 Å². The van der Waals surface area contributed by atoms with Gasteiger partial charge in [0.25, 0.3) is 0 Å². The van der Waals surface area contributed by atoms with Crippen molar-refractivity contribution >= 4 is 23.7 Å². The lowest BCUT2D eigenvalue weighted by Gasteiger charge is -2.04. The molecule has 0 bridgehead atoms. The molecule has 2 aromatic carbocycles. The second-order valence-electron chi connectivity index (χ2n) is 6.06. The fourth-order valence-corrected chi connectivity index (χ4v) is 3.30. The number of carbonyl (C=O) groups excluding carboxylic acids is 1. The molecule has 0 radical (unpaired) electrons. The Bertz CT molecular complexity index is 878. The van der Waals surface area contributed by atoms with Gasteiger partial charge < -0.3 is 4.42 Å². The van der Waals surface area contributed by atoms with Gasteiger partial charge in [0.1, 0.15) is 0 Å². The SMILES string of the molecule is Cc1ccc(CC(=O)Nc2nnc(CCSc3ccccc3)o2)cc1C. The first-order valence-corrected chi connectivity index (χ1v) is 9.45. The maximum absolute atomic E-state index is 12.1. The van der Waals surface area contributed by atoms with E-state index in [0.717, 1.165) is 11.3 Å². The number of amides is 1. The number of aromatic nitrogens is 2. The van der Waals surface area contributed by atoms with Gasteiger partial charge in [0, 0.05) is 17.1 Å². The Morgan fingerprint density at radius 3 is 2.65 bits per heavy atom. The van der Waals surface area contributed by atoms with E-state index < -0.39 is 0 Å². The molecule has 0 fully saturated rings. The maximum atomic E-state index is 12.1. The van der Waals surface area contributed by atoms with Crippen LogP contribution < -0.4 is 5.32 Å². The summed E-state index contributed by atoms with van der Waals surface area (Å²) in [5, 5.41) is 10.6. The summed E-state index contributed by atoms with van der Waals surface area (Å²) in [4.78, 5) is 13.3. The zero-order valence-corrected chi connectivity index (χ0v) is 15.7. The Balaban J connectivity index is 1.48. The third kappa shape index (κ3) is 5.20. The van der Waals surface area contributed by atoms with Crippen LogP contribution in [0.25, 0.3) is 0 Å². The quantitative estimate of drug-likeness (QED) is 0.634. The molecule has 3 rings (SSSR count). The molecule has 6 heteroatoms. The van der Waals surface area contributed by atoms with E-state index in [4.69, 9.17) is 4.42 Å². The number of anilines is 1. The molecule has 0 saturated heterocycles. The monoisotopic (exact) mass is 367 g/mol. The molecule has 1 amide bonds. The predicted molar refractivity (Wildman–Crippen MR) is 103 cm³/mol. The van der Waals surface area contributed by atoms with E-state index in [2.05, 4.69) is 34.6 Å². The molecule has 26 heavy (non-hydrogen) atoms. The van der Waals surface area contributed by atoms with Gasteiger partial charge in [-0.2, -0.15) is 0 Å². The Morgan fingerprint density at radius 2 is 1.88 bits per heavy atom. The van der Waals surface area contributed by atoms with E-state index in [1.54, 1.807) is 11.8 Å². The molecule has 0 unspecified atom stereocenters. The molecule has 0 spiro atoms. The second kappa shape index (κ2) is 8.67. The first kappa shape index (κ1) is 18.2. The van der Waals surface area contributed by atoms with Crippen molar-refractivity contribution in [3.05, 3.63) is 71.1 Å². The number of benzene rings is 2. The van der Waals surface area contributed by atoms with Gasteiger partial charge in [0.15, 0.2) is 0 Å². The lowest BCUT2D eigenvalue weighted by Crippen LogP contribution is -2.14. The Kier molecular flexibility index (Phi) is 6.07. The van der Waals surface area contributed by atoms with Crippen LogP contribution in [0.5, 0.6) is 0 Å². The number of aryl methyl sites for hydroxylation is 3. The topological polar surface area (TPSA) is 68.0 Å². The fraction of sp³-hybridized carbons (Fsp3) is 0.250. The first-order valence-electron chi connectivity index (χ1n) is 8.46. The van der Waals surface area contributed by atoms with Crippen molar-refractivity contribution < 1.29 is 9.21 Å². The summed E-state index contributed by atoms with van der Waals surface area (Å²) < 4.78 is 5.51. The van der Waals surface area contributed by atoms with Crippen molar-refractivity contribution in [2.24, 2.45) is 0 Å². The van der Waals surface area contributed by atoms with Crippen LogP contribution in [0.3, 0.4) is 0 Å². The van der Waals surface area contributed by atoms with E-state index >= 15 is 0 Å². The molecular formula is C20H21N3O2S. The lowest BCUT2D eigenvalue weighted by molar-refractivity contribution is -0.115. The van der Waals surface area contributed by atoms with Crippen LogP contribution in [0, 0.1) is 13.8 Å².